The maximum atomic E-state index is 13.4. The average molecular weight is 483 g/mol. The van der Waals surface area contributed by atoms with Gasteiger partial charge in [0, 0.05) is 13.6 Å². The van der Waals surface area contributed by atoms with E-state index in [2.05, 4.69) is 10.1 Å². The van der Waals surface area contributed by atoms with Crippen LogP contribution in [0.4, 0.5) is 8.78 Å². The van der Waals surface area contributed by atoms with Gasteiger partial charge in [-0.05, 0) is 60.3 Å². The minimum absolute atomic E-state index is 0.151. The number of hydrogen-bond donors (Lipinski definition) is 0. The second-order valence-corrected chi connectivity index (χ2v) is 8.44. The minimum Gasteiger partial charge on any atom is -0.447 e. The van der Waals surface area contributed by atoms with Crippen molar-refractivity contribution in [1.29, 1.82) is 0 Å². The van der Waals surface area contributed by atoms with Crippen LogP contribution in [-0.4, -0.2) is 44.7 Å². The number of benzene rings is 2. The maximum absolute atomic E-state index is 13.4. The molecule has 2 aromatic heterocycles. The summed E-state index contributed by atoms with van der Waals surface area (Å²) < 4.78 is 33.5. The van der Waals surface area contributed by atoms with Crippen LogP contribution in [0.25, 0.3) is 16.4 Å². The lowest BCUT2D eigenvalue weighted by Crippen LogP contribution is -2.37. The van der Waals surface area contributed by atoms with E-state index in [0.29, 0.717) is 17.1 Å². The van der Waals surface area contributed by atoms with Gasteiger partial charge < -0.3 is 9.64 Å². The second-order valence-electron chi connectivity index (χ2n) is 7.50. The van der Waals surface area contributed by atoms with Gasteiger partial charge in [-0.3, -0.25) is 4.79 Å². The number of hydrogen-bond acceptors (Lipinski definition) is 6. The predicted octanol–water partition coefficient (Wildman–Crippen LogP) is 4.48. The number of carbonyl (C=O) groups excluding carboxylic acids is 2. The molecule has 34 heavy (non-hydrogen) atoms. The summed E-state index contributed by atoms with van der Waals surface area (Å²) in [5, 5.41) is 6.10. The van der Waals surface area contributed by atoms with Crippen molar-refractivity contribution in [2.75, 3.05) is 7.05 Å². The Morgan fingerprint density at radius 1 is 1.09 bits per heavy atom. The number of likely N-dealkylation sites (N-methyl/N-ethyl adjacent to an activating group) is 1. The summed E-state index contributed by atoms with van der Waals surface area (Å²) in [6.07, 6.45) is -1.12. The Morgan fingerprint density at radius 2 is 1.85 bits per heavy atom. The lowest BCUT2D eigenvalue weighted by atomic mass is 10.2. The number of halogens is 2. The third-order valence-corrected chi connectivity index (χ3v) is 5.78. The molecule has 4 aromatic rings. The van der Waals surface area contributed by atoms with Crippen molar-refractivity contribution in [3.8, 4) is 16.4 Å². The Kier molecular flexibility index (Phi) is 6.78. The third-order valence-electron chi connectivity index (χ3n) is 4.92. The van der Waals surface area contributed by atoms with E-state index in [4.69, 9.17) is 4.74 Å². The standard InChI is InChI=1S/C24H20F2N4O3S/c1-15(23(31)29(2)14-16-5-3-6-18(26)13-16)33-24(32)21-27-22(20-7-4-12-34-20)30(28-21)19-10-8-17(25)9-11-19/h3-13,15H,14H2,1-2H3. The van der Waals surface area contributed by atoms with Crippen LogP contribution in [0.1, 0.15) is 23.1 Å². The lowest BCUT2D eigenvalue weighted by Gasteiger charge is -2.21. The molecule has 1 amide bonds. The number of rotatable bonds is 7. The molecule has 7 nitrogen and oxygen atoms in total. The Bertz CT molecular complexity index is 1310. The Hall–Kier alpha value is -3.92. The van der Waals surface area contributed by atoms with Crippen LogP contribution in [0.5, 0.6) is 0 Å². The molecular formula is C24H20F2N4O3S. The predicted molar refractivity (Wildman–Crippen MR) is 122 cm³/mol. The van der Waals surface area contributed by atoms with Gasteiger partial charge in [-0.1, -0.05) is 18.2 Å². The van der Waals surface area contributed by atoms with E-state index in [0.717, 1.165) is 4.88 Å². The Labute approximate surface area is 198 Å². The molecule has 2 heterocycles. The largest absolute Gasteiger partial charge is 0.447 e. The normalized spacial score (nSPS) is 11.8. The van der Waals surface area contributed by atoms with E-state index in [-0.39, 0.29) is 12.4 Å². The molecule has 10 heteroatoms. The van der Waals surface area contributed by atoms with Gasteiger partial charge in [0.2, 0.25) is 0 Å². The highest BCUT2D eigenvalue weighted by Crippen LogP contribution is 2.26. The Morgan fingerprint density at radius 3 is 2.53 bits per heavy atom. The number of thiophene rings is 1. The van der Waals surface area contributed by atoms with Crippen LogP contribution in [0.3, 0.4) is 0 Å². The number of ether oxygens (including phenoxy) is 1. The van der Waals surface area contributed by atoms with E-state index < -0.39 is 29.6 Å². The minimum atomic E-state index is -1.12. The fraction of sp³-hybridized carbons (Fsp3) is 0.167. The quantitative estimate of drug-likeness (QED) is 0.363. The van der Waals surface area contributed by atoms with Crippen LogP contribution < -0.4 is 0 Å². The first-order valence-corrected chi connectivity index (χ1v) is 11.2. The molecule has 1 atom stereocenters. The molecule has 4 rings (SSSR count). The molecule has 0 bridgehead atoms. The molecule has 2 aromatic carbocycles. The van der Waals surface area contributed by atoms with Crippen LogP contribution in [0, 0.1) is 11.6 Å². The molecule has 0 fully saturated rings. The van der Waals surface area contributed by atoms with Crippen molar-refractivity contribution in [3.05, 3.63) is 89.1 Å². The fourth-order valence-electron chi connectivity index (χ4n) is 3.29. The van der Waals surface area contributed by atoms with Gasteiger partial charge in [0.05, 0.1) is 10.6 Å². The zero-order valence-corrected chi connectivity index (χ0v) is 19.1. The van der Waals surface area contributed by atoms with E-state index in [1.165, 1.54) is 71.3 Å². The molecule has 0 aliphatic carbocycles. The third kappa shape index (κ3) is 5.18. The van der Waals surface area contributed by atoms with Gasteiger partial charge in [-0.15, -0.1) is 16.4 Å². The first-order valence-electron chi connectivity index (χ1n) is 10.3. The first kappa shape index (κ1) is 23.2. The summed E-state index contributed by atoms with van der Waals surface area (Å²) in [4.78, 5) is 31.9. The zero-order chi connectivity index (χ0) is 24.2. The van der Waals surface area contributed by atoms with Crippen molar-refractivity contribution in [3.63, 3.8) is 0 Å². The maximum Gasteiger partial charge on any atom is 0.379 e. The van der Waals surface area contributed by atoms with E-state index >= 15 is 0 Å². The van der Waals surface area contributed by atoms with E-state index in [9.17, 15) is 18.4 Å². The smallest absolute Gasteiger partial charge is 0.379 e. The molecular weight excluding hydrogens is 462 g/mol. The van der Waals surface area contributed by atoms with Crippen LogP contribution in [0.15, 0.2) is 66.0 Å². The van der Waals surface area contributed by atoms with Crippen molar-refractivity contribution >= 4 is 23.2 Å². The van der Waals surface area contributed by atoms with Gasteiger partial charge >= 0.3 is 5.97 Å². The highest BCUT2D eigenvalue weighted by atomic mass is 32.1. The van der Waals surface area contributed by atoms with Gasteiger partial charge in [0.1, 0.15) is 11.6 Å². The van der Waals surface area contributed by atoms with E-state index in [1.807, 2.05) is 17.5 Å². The summed E-state index contributed by atoms with van der Waals surface area (Å²) in [6, 6.07) is 15.1. The van der Waals surface area contributed by atoms with Crippen LogP contribution in [-0.2, 0) is 16.1 Å². The molecule has 0 saturated carbocycles. The SMILES string of the molecule is CC(OC(=O)c1nc(-c2cccs2)n(-c2ccc(F)cc2)n1)C(=O)N(C)Cc1cccc(F)c1. The topological polar surface area (TPSA) is 77.3 Å². The number of aromatic nitrogens is 3. The van der Waals surface area contributed by atoms with Crippen molar-refractivity contribution in [2.24, 2.45) is 0 Å². The number of carbonyl (C=O) groups is 2. The van der Waals surface area contributed by atoms with E-state index in [1.54, 1.807) is 12.1 Å². The number of esters is 1. The zero-order valence-electron chi connectivity index (χ0n) is 18.3. The summed E-state index contributed by atoms with van der Waals surface area (Å²) in [7, 11) is 1.54. The van der Waals surface area contributed by atoms with Crippen molar-refractivity contribution < 1.29 is 23.1 Å². The molecule has 0 aliphatic rings. The Balaban J connectivity index is 1.51. The van der Waals surface area contributed by atoms with Gasteiger partial charge in [0.25, 0.3) is 11.7 Å². The second kappa shape index (κ2) is 9.92. The van der Waals surface area contributed by atoms with Crippen molar-refractivity contribution in [1.82, 2.24) is 19.7 Å². The number of nitrogens with zero attached hydrogens (tertiary/aromatic N) is 4. The highest BCUT2D eigenvalue weighted by Gasteiger charge is 2.26. The summed E-state index contributed by atoms with van der Waals surface area (Å²) in [5.41, 5.74) is 1.12. The molecule has 0 N–H and O–H groups in total. The summed E-state index contributed by atoms with van der Waals surface area (Å²) in [6.45, 7) is 1.60. The molecule has 0 aliphatic heterocycles. The van der Waals surface area contributed by atoms with Gasteiger partial charge in [0.15, 0.2) is 11.9 Å². The molecule has 0 radical (unpaired) electrons. The van der Waals surface area contributed by atoms with Crippen LogP contribution >= 0.6 is 11.3 Å². The van der Waals surface area contributed by atoms with Crippen LogP contribution in [0.2, 0.25) is 0 Å². The molecule has 0 spiro atoms. The average Bonchev–Trinajstić information content (AvgIpc) is 3.49. The molecule has 0 saturated heterocycles. The monoisotopic (exact) mass is 482 g/mol. The van der Waals surface area contributed by atoms with Crippen molar-refractivity contribution in [2.45, 2.75) is 19.6 Å². The number of amides is 1. The highest BCUT2D eigenvalue weighted by molar-refractivity contribution is 7.13. The summed E-state index contributed by atoms with van der Waals surface area (Å²) in [5.74, 6) is -2.00. The lowest BCUT2D eigenvalue weighted by molar-refractivity contribution is -0.139. The van der Waals surface area contributed by atoms with Gasteiger partial charge in [-0.25, -0.2) is 18.3 Å². The van der Waals surface area contributed by atoms with Gasteiger partial charge in [-0.2, -0.15) is 4.98 Å². The molecule has 1 unspecified atom stereocenters. The summed E-state index contributed by atoms with van der Waals surface area (Å²) >= 11 is 1.40. The first-order chi connectivity index (χ1) is 16.3. The molecule has 174 valence electrons. The fourth-order valence-corrected chi connectivity index (χ4v) is 3.99.